The van der Waals surface area contributed by atoms with Crippen molar-refractivity contribution in [2.75, 3.05) is 0 Å². The van der Waals surface area contributed by atoms with E-state index in [0.29, 0.717) is 0 Å². The van der Waals surface area contributed by atoms with E-state index in [1.165, 1.54) is 12.3 Å². The Hall–Kier alpha value is -1.83. The molecule has 0 spiro atoms. The van der Waals surface area contributed by atoms with Crippen molar-refractivity contribution in [1.29, 1.82) is 0 Å². The molecule has 0 bridgehead atoms. The number of aliphatic carboxylic acids is 1. The topological polar surface area (TPSA) is 63.3 Å². The van der Waals surface area contributed by atoms with Crippen molar-refractivity contribution in [2.24, 2.45) is 0 Å². The summed E-state index contributed by atoms with van der Waals surface area (Å²) in [6, 6.07) is 3.41. The molecule has 8 heteroatoms. The zero-order valence-electron chi connectivity index (χ0n) is 10.4. The van der Waals surface area contributed by atoms with Gasteiger partial charge in [0.05, 0.1) is 12.0 Å². The van der Waals surface area contributed by atoms with Gasteiger partial charge in [0.2, 0.25) is 0 Å². The molecule has 1 aromatic heterocycles. The van der Waals surface area contributed by atoms with E-state index in [2.05, 4.69) is 20.9 Å². The van der Waals surface area contributed by atoms with Crippen LogP contribution in [-0.2, 0) is 17.4 Å². The van der Waals surface area contributed by atoms with Crippen LogP contribution in [0.5, 0.6) is 0 Å². The van der Waals surface area contributed by atoms with Gasteiger partial charge in [0.1, 0.15) is 12.0 Å². The molecule has 0 unspecified atom stereocenters. The van der Waals surface area contributed by atoms with Gasteiger partial charge in [0.25, 0.3) is 0 Å². The quantitative estimate of drug-likeness (QED) is 0.886. The fraction of sp³-hybridized carbons (Fsp3) is 0.231. The number of carboxylic acid groups (broad SMARTS) is 1. The number of halogens is 4. The van der Waals surface area contributed by atoms with Gasteiger partial charge in [-0.25, -0.2) is 4.98 Å². The number of rotatable bonds is 4. The Bertz CT molecular complexity index is 667. The lowest BCUT2D eigenvalue weighted by atomic mass is 10.1. The molecule has 112 valence electrons. The second-order valence-corrected chi connectivity index (χ2v) is 5.16. The largest absolute Gasteiger partial charge is 0.481 e. The summed E-state index contributed by atoms with van der Waals surface area (Å²) in [5, 5.41) is 8.56. The molecule has 2 rings (SSSR count). The standard InChI is InChI=1S/C13H9BrF3NO3/c14-9-4-7(3-8(5-9)13(15,16)17)10-6-21-11(18-10)1-2-12(19)20/h3-6H,1-2H2,(H,19,20). The van der Waals surface area contributed by atoms with E-state index in [-0.39, 0.29) is 34.5 Å². The minimum atomic E-state index is -4.46. The maximum Gasteiger partial charge on any atom is 0.416 e. The van der Waals surface area contributed by atoms with Gasteiger partial charge < -0.3 is 9.52 Å². The lowest BCUT2D eigenvalue weighted by molar-refractivity contribution is -0.138. The summed E-state index contributed by atoms with van der Waals surface area (Å²) < 4.78 is 43.6. The van der Waals surface area contributed by atoms with Crippen molar-refractivity contribution in [1.82, 2.24) is 4.98 Å². The molecule has 2 aromatic rings. The maximum absolute atomic E-state index is 12.7. The smallest absolute Gasteiger partial charge is 0.416 e. The zero-order chi connectivity index (χ0) is 15.6. The highest BCUT2D eigenvalue weighted by atomic mass is 79.9. The van der Waals surface area contributed by atoms with Crippen LogP contribution in [0.1, 0.15) is 17.9 Å². The SMILES string of the molecule is O=C(O)CCc1nc(-c2cc(Br)cc(C(F)(F)F)c2)co1. The molecule has 1 N–H and O–H groups in total. The predicted octanol–water partition coefficient (Wildman–Crippen LogP) is 4.14. The van der Waals surface area contributed by atoms with Crippen LogP contribution in [0.2, 0.25) is 0 Å². The molecule has 0 amide bonds. The van der Waals surface area contributed by atoms with Crippen LogP contribution in [0, 0.1) is 0 Å². The van der Waals surface area contributed by atoms with Crippen LogP contribution in [0.3, 0.4) is 0 Å². The van der Waals surface area contributed by atoms with Crippen LogP contribution >= 0.6 is 15.9 Å². The molecule has 21 heavy (non-hydrogen) atoms. The Morgan fingerprint density at radius 1 is 1.33 bits per heavy atom. The Kier molecular flexibility index (Phi) is 4.36. The summed E-state index contributed by atoms with van der Waals surface area (Å²) >= 11 is 3.02. The van der Waals surface area contributed by atoms with Gasteiger partial charge in [0.15, 0.2) is 5.89 Å². The molecule has 0 aliphatic rings. The predicted molar refractivity (Wildman–Crippen MR) is 70.6 cm³/mol. The van der Waals surface area contributed by atoms with E-state index >= 15 is 0 Å². The van der Waals surface area contributed by atoms with Crippen molar-refractivity contribution < 1.29 is 27.5 Å². The van der Waals surface area contributed by atoms with E-state index < -0.39 is 17.7 Å². The van der Waals surface area contributed by atoms with E-state index in [0.717, 1.165) is 12.1 Å². The highest BCUT2D eigenvalue weighted by Gasteiger charge is 2.31. The number of hydrogen-bond donors (Lipinski definition) is 1. The van der Waals surface area contributed by atoms with E-state index in [4.69, 9.17) is 9.52 Å². The second kappa shape index (κ2) is 5.88. The summed E-state index contributed by atoms with van der Waals surface area (Å²) in [4.78, 5) is 14.4. The first kappa shape index (κ1) is 15.6. The Balaban J connectivity index is 2.30. The molecule has 1 aromatic carbocycles. The van der Waals surface area contributed by atoms with Crippen LogP contribution in [0.25, 0.3) is 11.3 Å². The number of benzene rings is 1. The molecule has 0 radical (unpaired) electrons. The Labute approximate surface area is 125 Å². The van der Waals surface area contributed by atoms with Gasteiger partial charge in [-0.3, -0.25) is 4.79 Å². The molecule has 0 aliphatic carbocycles. The number of hydrogen-bond acceptors (Lipinski definition) is 3. The van der Waals surface area contributed by atoms with Crippen LogP contribution in [0.4, 0.5) is 13.2 Å². The summed E-state index contributed by atoms with van der Waals surface area (Å²) in [6.07, 6.45) is -3.34. The third kappa shape index (κ3) is 4.07. The molecule has 0 fully saturated rings. The Morgan fingerprint density at radius 3 is 2.67 bits per heavy atom. The third-order valence-corrected chi connectivity index (χ3v) is 3.08. The zero-order valence-corrected chi connectivity index (χ0v) is 12.0. The van der Waals surface area contributed by atoms with Gasteiger partial charge in [-0.05, 0) is 18.2 Å². The number of aromatic nitrogens is 1. The number of oxazole rings is 1. The van der Waals surface area contributed by atoms with E-state index in [1.54, 1.807) is 0 Å². The fourth-order valence-electron chi connectivity index (χ4n) is 1.67. The lowest BCUT2D eigenvalue weighted by Crippen LogP contribution is -2.05. The first-order chi connectivity index (χ1) is 9.75. The molecular weight excluding hydrogens is 355 g/mol. The average molecular weight is 364 g/mol. The van der Waals surface area contributed by atoms with Crippen LogP contribution in [-0.4, -0.2) is 16.1 Å². The van der Waals surface area contributed by atoms with Gasteiger partial charge in [0, 0.05) is 16.5 Å². The molecular formula is C13H9BrF3NO3. The highest BCUT2D eigenvalue weighted by Crippen LogP contribution is 2.34. The molecule has 0 atom stereocenters. The first-order valence-corrected chi connectivity index (χ1v) is 6.59. The summed E-state index contributed by atoms with van der Waals surface area (Å²) in [6.45, 7) is 0. The fourth-order valence-corrected chi connectivity index (χ4v) is 2.17. The van der Waals surface area contributed by atoms with Crippen molar-refractivity contribution in [3.63, 3.8) is 0 Å². The number of carboxylic acids is 1. The monoisotopic (exact) mass is 363 g/mol. The van der Waals surface area contributed by atoms with E-state index in [9.17, 15) is 18.0 Å². The molecule has 0 saturated carbocycles. The number of alkyl halides is 3. The number of aryl methyl sites for hydroxylation is 1. The molecule has 0 saturated heterocycles. The second-order valence-electron chi connectivity index (χ2n) is 4.25. The lowest BCUT2D eigenvalue weighted by Gasteiger charge is -2.08. The number of nitrogens with zero attached hydrogens (tertiary/aromatic N) is 1. The summed E-state index contributed by atoms with van der Waals surface area (Å²) in [7, 11) is 0. The normalized spacial score (nSPS) is 11.6. The first-order valence-electron chi connectivity index (χ1n) is 5.80. The van der Waals surface area contributed by atoms with Crippen molar-refractivity contribution in [3.05, 3.63) is 40.4 Å². The van der Waals surface area contributed by atoms with Crippen molar-refractivity contribution >= 4 is 21.9 Å². The van der Waals surface area contributed by atoms with Gasteiger partial charge in [-0.1, -0.05) is 15.9 Å². The highest BCUT2D eigenvalue weighted by molar-refractivity contribution is 9.10. The number of carbonyl (C=O) groups is 1. The van der Waals surface area contributed by atoms with E-state index in [1.807, 2.05) is 0 Å². The van der Waals surface area contributed by atoms with Crippen molar-refractivity contribution in [2.45, 2.75) is 19.0 Å². The minimum absolute atomic E-state index is 0.0788. The molecule has 4 nitrogen and oxygen atoms in total. The van der Waals surface area contributed by atoms with Gasteiger partial charge in [-0.15, -0.1) is 0 Å². The van der Waals surface area contributed by atoms with Crippen LogP contribution < -0.4 is 0 Å². The minimum Gasteiger partial charge on any atom is -0.481 e. The average Bonchev–Trinajstić information content (AvgIpc) is 2.83. The Morgan fingerprint density at radius 2 is 2.05 bits per heavy atom. The van der Waals surface area contributed by atoms with Crippen LogP contribution in [0.15, 0.2) is 33.4 Å². The molecule has 0 aliphatic heterocycles. The third-order valence-electron chi connectivity index (χ3n) is 2.63. The van der Waals surface area contributed by atoms with Gasteiger partial charge >= 0.3 is 12.1 Å². The summed E-state index contributed by atoms with van der Waals surface area (Å²) in [5.74, 6) is -0.836. The molecule has 1 heterocycles. The maximum atomic E-state index is 12.7. The summed E-state index contributed by atoms with van der Waals surface area (Å²) in [5.41, 5.74) is -0.342. The van der Waals surface area contributed by atoms with Gasteiger partial charge in [-0.2, -0.15) is 13.2 Å². The van der Waals surface area contributed by atoms with Crippen molar-refractivity contribution in [3.8, 4) is 11.3 Å².